The molecule has 0 spiro atoms. The van der Waals surface area contributed by atoms with Crippen LogP contribution in [0.2, 0.25) is 0 Å². The van der Waals surface area contributed by atoms with Gasteiger partial charge in [0.1, 0.15) is 0 Å². The zero-order chi connectivity index (χ0) is 13.8. The molecule has 1 aliphatic heterocycles. The number of hydrogen-bond acceptors (Lipinski definition) is 3. The van der Waals surface area contributed by atoms with Crippen molar-refractivity contribution in [2.45, 2.75) is 63.5 Å². The monoisotopic (exact) mass is 315 g/mol. The van der Waals surface area contributed by atoms with Crippen LogP contribution in [0.5, 0.6) is 0 Å². The van der Waals surface area contributed by atoms with Crippen molar-refractivity contribution in [2.24, 2.45) is 5.92 Å². The van der Waals surface area contributed by atoms with Crippen LogP contribution < -0.4 is 10.6 Å². The Bertz CT molecular complexity index is 321. The van der Waals surface area contributed by atoms with Gasteiger partial charge in [0, 0.05) is 25.2 Å². The number of piperidine rings is 1. The van der Waals surface area contributed by atoms with Gasteiger partial charge in [-0.2, -0.15) is 0 Å². The lowest BCUT2D eigenvalue weighted by atomic mass is 10.0. The molecule has 0 radical (unpaired) electrons. The van der Waals surface area contributed by atoms with E-state index in [1.54, 1.807) is 0 Å². The molecule has 1 amide bonds. The third-order valence-corrected chi connectivity index (χ3v) is 5.07. The molecule has 0 aromatic heterocycles. The number of hydrogen-bond donors (Lipinski definition) is 2. The van der Waals surface area contributed by atoms with Gasteiger partial charge in [0.2, 0.25) is 5.91 Å². The summed E-state index contributed by atoms with van der Waals surface area (Å²) in [6, 6.07) is 1.14. The molecule has 0 atom stereocenters. The van der Waals surface area contributed by atoms with Crippen molar-refractivity contribution in [1.82, 2.24) is 15.5 Å². The van der Waals surface area contributed by atoms with Gasteiger partial charge in [0.25, 0.3) is 0 Å². The van der Waals surface area contributed by atoms with Crippen molar-refractivity contribution in [3.8, 4) is 0 Å². The van der Waals surface area contributed by atoms with Gasteiger partial charge in [-0.05, 0) is 51.0 Å². The summed E-state index contributed by atoms with van der Waals surface area (Å²) in [5.41, 5.74) is 0. The molecule has 1 heterocycles. The van der Waals surface area contributed by atoms with Gasteiger partial charge in [-0.15, -0.1) is 12.4 Å². The number of nitrogens with zero attached hydrogens (tertiary/aromatic N) is 1. The summed E-state index contributed by atoms with van der Waals surface area (Å²) in [4.78, 5) is 14.3. The van der Waals surface area contributed by atoms with Crippen molar-refractivity contribution in [3.05, 3.63) is 0 Å². The molecule has 0 bridgehead atoms. The standard InChI is InChI=1S/C16H29N3O.ClH/c20-16(18-15-3-1-2-4-15)12-19-9-7-14(8-10-19)17-11-13-5-6-13;/h13-15,17H,1-12H2,(H,18,20);1H. The topological polar surface area (TPSA) is 44.4 Å². The predicted molar refractivity (Wildman–Crippen MR) is 87.8 cm³/mol. The molecule has 5 heteroatoms. The van der Waals surface area contributed by atoms with Crippen molar-refractivity contribution in [2.75, 3.05) is 26.2 Å². The maximum Gasteiger partial charge on any atom is 0.234 e. The predicted octanol–water partition coefficient (Wildman–Crippen LogP) is 1.93. The fourth-order valence-electron chi connectivity index (χ4n) is 3.50. The number of amides is 1. The SMILES string of the molecule is Cl.O=C(CN1CCC(NCC2CC2)CC1)NC1CCCC1. The average Bonchev–Trinajstić information content (AvgIpc) is 3.14. The van der Waals surface area contributed by atoms with E-state index in [1.807, 2.05) is 0 Å². The summed E-state index contributed by atoms with van der Waals surface area (Å²) in [5.74, 6) is 1.20. The normalized spacial score (nSPS) is 24.8. The average molecular weight is 316 g/mol. The van der Waals surface area contributed by atoms with Crippen LogP contribution in [-0.2, 0) is 4.79 Å². The van der Waals surface area contributed by atoms with E-state index in [1.165, 1.54) is 57.9 Å². The maximum absolute atomic E-state index is 12.0. The number of nitrogens with one attached hydrogen (secondary N) is 2. The Morgan fingerprint density at radius 3 is 2.24 bits per heavy atom. The van der Waals surface area contributed by atoms with E-state index in [-0.39, 0.29) is 18.3 Å². The van der Waals surface area contributed by atoms with E-state index in [9.17, 15) is 4.79 Å². The number of halogens is 1. The summed E-state index contributed by atoms with van der Waals surface area (Å²) in [5, 5.41) is 6.88. The lowest BCUT2D eigenvalue weighted by Crippen LogP contribution is -2.47. The molecular weight excluding hydrogens is 286 g/mol. The highest BCUT2D eigenvalue weighted by molar-refractivity contribution is 5.85. The second kappa shape index (κ2) is 8.35. The maximum atomic E-state index is 12.0. The third-order valence-electron chi connectivity index (χ3n) is 5.07. The fourth-order valence-corrected chi connectivity index (χ4v) is 3.50. The van der Waals surface area contributed by atoms with Crippen molar-refractivity contribution in [3.63, 3.8) is 0 Å². The zero-order valence-electron chi connectivity index (χ0n) is 13.0. The first kappa shape index (κ1) is 17.0. The second-order valence-corrected chi connectivity index (χ2v) is 6.95. The number of carbonyl (C=O) groups excluding carboxylic acids is 1. The van der Waals surface area contributed by atoms with E-state index in [0.29, 0.717) is 18.6 Å². The smallest absolute Gasteiger partial charge is 0.234 e. The van der Waals surface area contributed by atoms with Gasteiger partial charge in [-0.1, -0.05) is 12.8 Å². The molecule has 3 fully saturated rings. The fraction of sp³-hybridized carbons (Fsp3) is 0.938. The third kappa shape index (κ3) is 5.76. The Morgan fingerprint density at radius 2 is 1.62 bits per heavy atom. The van der Waals surface area contributed by atoms with Gasteiger partial charge in [-0.3, -0.25) is 9.69 Å². The van der Waals surface area contributed by atoms with Crippen LogP contribution in [0.25, 0.3) is 0 Å². The van der Waals surface area contributed by atoms with Crippen LogP contribution in [0.1, 0.15) is 51.4 Å². The number of carbonyl (C=O) groups is 1. The van der Waals surface area contributed by atoms with Crippen LogP contribution in [0, 0.1) is 5.92 Å². The van der Waals surface area contributed by atoms with Gasteiger partial charge in [-0.25, -0.2) is 0 Å². The van der Waals surface area contributed by atoms with Crippen LogP contribution in [0.15, 0.2) is 0 Å². The number of likely N-dealkylation sites (tertiary alicyclic amines) is 1. The first-order valence-corrected chi connectivity index (χ1v) is 8.55. The van der Waals surface area contributed by atoms with Crippen molar-refractivity contribution in [1.29, 1.82) is 0 Å². The minimum atomic E-state index is 0. The van der Waals surface area contributed by atoms with Crippen molar-refractivity contribution < 1.29 is 4.79 Å². The van der Waals surface area contributed by atoms with E-state index in [4.69, 9.17) is 0 Å². The van der Waals surface area contributed by atoms with Crippen LogP contribution in [0.3, 0.4) is 0 Å². The molecule has 3 rings (SSSR count). The quantitative estimate of drug-likeness (QED) is 0.787. The molecule has 2 aliphatic carbocycles. The van der Waals surface area contributed by atoms with Crippen LogP contribution in [0.4, 0.5) is 0 Å². The summed E-state index contributed by atoms with van der Waals surface area (Å²) >= 11 is 0. The Balaban J connectivity index is 0.00000161. The molecule has 4 nitrogen and oxygen atoms in total. The highest BCUT2D eigenvalue weighted by Crippen LogP contribution is 2.28. The molecule has 3 aliphatic rings. The summed E-state index contributed by atoms with van der Waals surface area (Å²) in [7, 11) is 0. The Labute approximate surface area is 134 Å². The molecule has 0 aromatic rings. The van der Waals surface area contributed by atoms with Gasteiger partial charge < -0.3 is 10.6 Å². The number of rotatable bonds is 6. The van der Waals surface area contributed by atoms with E-state index in [2.05, 4.69) is 15.5 Å². The summed E-state index contributed by atoms with van der Waals surface area (Å²) in [6.07, 6.45) is 10.2. The largest absolute Gasteiger partial charge is 0.352 e. The minimum absolute atomic E-state index is 0. The Morgan fingerprint density at radius 1 is 0.952 bits per heavy atom. The van der Waals surface area contributed by atoms with Crippen LogP contribution >= 0.6 is 12.4 Å². The molecule has 2 saturated carbocycles. The van der Waals surface area contributed by atoms with E-state index in [0.717, 1.165) is 19.0 Å². The van der Waals surface area contributed by atoms with Gasteiger partial charge >= 0.3 is 0 Å². The highest BCUT2D eigenvalue weighted by atomic mass is 35.5. The van der Waals surface area contributed by atoms with E-state index >= 15 is 0 Å². The molecule has 0 aromatic carbocycles. The minimum Gasteiger partial charge on any atom is -0.352 e. The summed E-state index contributed by atoms with van der Waals surface area (Å²) in [6.45, 7) is 3.96. The molecule has 1 saturated heterocycles. The highest BCUT2D eigenvalue weighted by Gasteiger charge is 2.25. The first-order chi connectivity index (χ1) is 9.79. The van der Waals surface area contributed by atoms with Gasteiger partial charge in [0.05, 0.1) is 6.54 Å². The molecule has 122 valence electrons. The second-order valence-electron chi connectivity index (χ2n) is 6.95. The summed E-state index contributed by atoms with van der Waals surface area (Å²) < 4.78 is 0. The van der Waals surface area contributed by atoms with E-state index < -0.39 is 0 Å². The Kier molecular flexibility index (Phi) is 6.77. The zero-order valence-corrected chi connectivity index (χ0v) is 13.8. The lowest BCUT2D eigenvalue weighted by molar-refractivity contribution is -0.123. The lowest BCUT2D eigenvalue weighted by Gasteiger charge is -2.32. The Hall–Kier alpha value is -0.320. The molecular formula is C16H30ClN3O. The van der Waals surface area contributed by atoms with Crippen LogP contribution in [-0.4, -0.2) is 49.1 Å². The van der Waals surface area contributed by atoms with Gasteiger partial charge in [0.15, 0.2) is 0 Å². The molecule has 21 heavy (non-hydrogen) atoms. The molecule has 2 N–H and O–H groups in total. The molecule has 0 unspecified atom stereocenters. The first-order valence-electron chi connectivity index (χ1n) is 8.55. The van der Waals surface area contributed by atoms with Crippen molar-refractivity contribution >= 4 is 18.3 Å².